The molecule has 0 unspecified atom stereocenters. The summed E-state index contributed by atoms with van der Waals surface area (Å²) < 4.78 is 0. The molecule has 0 amide bonds. The number of nitrogens with zero attached hydrogens (tertiary/aromatic N) is 2. The highest BCUT2D eigenvalue weighted by molar-refractivity contribution is 5.79. The van der Waals surface area contributed by atoms with E-state index in [0.717, 1.165) is 11.0 Å². The molecule has 3 rings (SSSR count). The van der Waals surface area contributed by atoms with Crippen molar-refractivity contribution >= 4 is 11.0 Å². The van der Waals surface area contributed by atoms with Crippen molar-refractivity contribution in [3.8, 4) is 0 Å². The molecule has 1 heterocycles. The highest BCUT2D eigenvalue weighted by Gasteiger charge is 2.33. The van der Waals surface area contributed by atoms with Crippen LogP contribution in [0.15, 0.2) is 18.2 Å². The average molecular weight is 282 g/mol. The summed E-state index contributed by atoms with van der Waals surface area (Å²) in [6.07, 6.45) is 2.53. The number of para-hydroxylation sites is 1. The van der Waals surface area contributed by atoms with Crippen LogP contribution in [0.25, 0.3) is 11.0 Å². The van der Waals surface area contributed by atoms with E-state index in [4.69, 9.17) is 9.97 Å². The molecule has 2 nitrogen and oxygen atoms in total. The topological polar surface area (TPSA) is 25.8 Å². The summed E-state index contributed by atoms with van der Waals surface area (Å²) in [6, 6.07) is 6.42. The minimum absolute atomic E-state index is 0.0457. The van der Waals surface area contributed by atoms with Gasteiger partial charge in [-0.05, 0) is 29.9 Å². The summed E-state index contributed by atoms with van der Waals surface area (Å²) in [4.78, 5) is 10.1. The van der Waals surface area contributed by atoms with Crippen LogP contribution < -0.4 is 0 Å². The summed E-state index contributed by atoms with van der Waals surface area (Å²) in [5.41, 5.74) is 5.99. The largest absolute Gasteiger partial charge is 0.249 e. The van der Waals surface area contributed by atoms with E-state index in [1.807, 2.05) is 0 Å². The predicted octanol–water partition coefficient (Wildman–Crippen LogP) is 5.10. The molecular formula is C19H26N2. The van der Waals surface area contributed by atoms with Gasteiger partial charge in [-0.1, -0.05) is 53.7 Å². The van der Waals surface area contributed by atoms with Crippen LogP contribution in [0.1, 0.15) is 77.3 Å². The highest BCUT2D eigenvalue weighted by atomic mass is 14.9. The van der Waals surface area contributed by atoms with Crippen molar-refractivity contribution in [2.75, 3.05) is 0 Å². The van der Waals surface area contributed by atoms with Crippen molar-refractivity contribution in [3.63, 3.8) is 0 Å². The smallest absolute Gasteiger partial charge is 0.0927 e. The highest BCUT2D eigenvalue weighted by Crippen LogP contribution is 2.43. The van der Waals surface area contributed by atoms with E-state index in [0.29, 0.717) is 5.92 Å². The van der Waals surface area contributed by atoms with Crippen LogP contribution >= 0.6 is 0 Å². The maximum Gasteiger partial charge on any atom is 0.0927 e. The molecule has 0 radical (unpaired) electrons. The molecule has 2 aromatic rings. The van der Waals surface area contributed by atoms with Crippen molar-refractivity contribution in [2.45, 2.75) is 71.1 Å². The third-order valence-corrected chi connectivity index (χ3v) is 4.20. The quantitative estimate of drug-likeness (QED) is 0.727. The van der Waals surface area contributed by atoms with Crippen molar-refractivity contribution in [1.82, 2.24) is 9.97 Å². The zero-order valence-electron chi connectivity index (χ0n) is 14.1. The van der Waals surface area contributed by atoms with Gasteiger partial charge in [-0.2, -0.15) is 0 Å². The molecule has 0 atom stereocenters. The molecule has 2 heteroatoms. The van der Waals surface area contributed by atoms with E-state index in [1.54, 1.807) is 0 Å². The Hall–Kier alpha value is -1.44. The summed E-state index contributed by atoms with van der Waals surface area (Å²) in [7, 11) is 0. The molecule has 0 saturated heterocycles. The van der Waals surface area contributed by atoms with Gasteiger partial charge in [0, 0.05) is 11.3 Å². The SMILES string of the molecule is CC(C)(C)c1nc2c(C(C)(C)C)cccc2nc1C1CC1. The molecule has 1 saturated carbocycles. The Balaban J connectivity index is 2.32. The van der Waals surface area contributed by atoms with Crippen LogP contribution in [0.5, 0.6) is 0 Å². The van der Waals surface area contributed by atoms with Gasteiger partial charge in [-0.25, -0.2) is 9.97 Å². The molecule has 1 aromatic heterocycles. The third kappa shape index (κ3) is 2.68. The molecule has 0 spiro atoms. The van der Waals surface area contributed by atoms with Crippen molar-refractivity contribution < 1.29 is 0 Å². The Morgan fingerprint density at radius 2 is 1.57 bits per heavy atom. The fourth-order valence-corrected chi connectivity index (χ4v) is 2.89. The Bertz CT molecular complexity index is 683. The first-order valence-electron chi connectivity index (χ1n) is 7.99. The van der Waals surface area contributed by atoms with Crippen LogP contribution in [0.2, 0.25) is 0 Å². The maximum atomic E-state index is 5.11. The van der Waals surface area contributed by atoms with Gasteiger partial charge in [-0.15, -0.1) is 0 Å². The second kappa shape index (κ2) is 4.53. The van der Waals surface area contributed by atoms with Crippen molar-refractivity contribution in [2.24, 2.45) is 0 Å². The number of hydrogen-bond donors (Lipinski definition) is 0. The minimum Gasteiger partial charge on any atom is -0.249 e. The lowest BCUT2D eigenvalue weighted by Gasteiger charge is -2.25. The molecule has 1 fully saturated rings. The third-order valence-electron chi connectivity index (χ3n) is 4.20. The van der Waals surface area contributed by atoms with E-state index in [2.05, 4.69) is 59.7 Å². The van der Waals surface area contributed by atoms with E-state index < -0.39 is 0 Å². The lowest BCUT2D eigenvalue weighted by molar-refractivity contribution is 0.555. The average Bonchev–Trinajstić information content (AvgIpc) is 3.18. The Labute approximate surface area is 128 Å². The molecule has 1 aliphatic carbocycles. The first-order chi connectivity index (χ1) is 9.68. The number of rotatable bonds is 1. The number of aromatic nitrogens is 2. The van der Waals surface area contributed by atoms with Crippen molar-refractivity contribution in [1.29, 1.82) is 0 Å². The summed E-state index contributed by atoms with van der Waals surface area (Å²) >= 11 is 0. The van der Waals surface area contributed by atoms with Gasteiger partial charge in [0.2, 0.25) is 0 Å². The molecule has 0 N–H and O–H groups in total. The van der Waals surface area contributed by atoms with Gasteiger partial charge in [0.25, 0.3) is 0 Å². The minimum atomic E-state index is 0.0457. The number of benzene rings is 1. The number of hydrogen-bond acceptors (Lipinski definition) is 2. The van der Waals surface area contributed by atoms with Gasteiger partial charge >= 0.3 is 0 Å². The molecule has 112 valence electrons. The fraction of sp³-hybridized carbons (Fsp3) is 0.579. The first-order valence-corrected chi connectivity index (χ1v) is 7.99. The normalized spacial score (nSPS) is 16.5. The molecular weight excluding hydrogens is 256 g/mol. The van der Waals surface area contributed by atoms with E-state index in [9.17, 15) is 0 Å². The van der Waals surface area contributed by atoms with Crippen LogP contribution in [-0.2, 0) is 10.8 Å². The second-order valence-electron chi connectivity index (χ2n) is 8.41. The van der Waals surface area contributed by atoms with E-state index in [1.165, 1.54) is 29.8 Å². The van der Waals surface area contributed by atoms with E-state index in [-0.39, 0.29) is 10.8 Å². The van der Waals surface area contributed by atoms with E-state index >= 15 is 0 Å². The Morgan fingerprint density at radius 1 is 0.905 bits per heavy atom. The van der Waals surface area contributed by atoms with Gasteiger partial charge in [0.05, 0.1) is 22.4 Å². The Morgan fingerprint density at radius 3 is 2.10 bits per heavy atom. The molecule has 1 aromatic carbocycles. The fourth-order valence-electron chi connectivity index (χ4n) is 2.89. The summed E-state index contributed by atoms with van der Waals surface area (Å²) in [5, 5.41) is 0. The predicted molar refractivity (Wildman–Crippen MR) is 88.9 cm³/mol. The van der Waals surface area contributed by atoms with Crippen LogP contribution in [0.4, 0.5) is 0 Å². The lowest BCUT2D eigenvalue weighted by atomic mass is 9.85. The van der Waals surface area contributed by atoms with Gasteiger partial charge < -0.3 is 0 Å². The molecule has 0 bridgehead atoms. The lowest BCUT2D eigenvalue weighted by Crippen LogP contribution is -2.20. The Kier molecular flexibility index (Phi) is 3.12. The molecule has 0 aliphatic heterocycles. The van der Waals surface area contributed by atoms with Gasteiger partial charge in [0.1, 0.15) is 0 Å². The molecule has 21 heavy (non-hydrogen) atoms. The van der Waals surface area contributed by atoms with Gasteiger partial charge in [0.15, 0.2) is 0 Å². The van der Waals surface area contributed by atoms with Gasteiger partial charge in [-0.3, -0.25) is 0 Å². The van der Waals surface area contributed by atoms with Crippen LogP contribution in [0, 0.1) is 0 Å². The summed E-state index contributed by atoms with van der Waals surface area (Å²) in [5.74, 6) is 0.634. The van der Waals surface area contributed by atoms with Crippen LogP contribution in [-0.4, -0.2) is 9.97 Å². The van der Waals surface area contributed by atoms with Crippen LogP contribution in [0.3, 0.4) is 0 Å². The monoisotopic (exact) mass is 282 g/mol. The maximum absolute atomic E-state index is 5.11. The van der Waals surface area contributed by atoms with Crippen molar-refractivity contribution in [3.05, 3.63) is 35.2 Å². The standard InChI is InChI=1S/C19H26N2/c1-18(2,3)13-8-7-9-14-16(13)21-17(19(4,5)6)15(20-14)12-10-11-12/h7-9,12H,10-11H2,1-6H3. The number of fused-ring (bicyclic) bond motifs is 1. The first kappa shape index (κ1) is 14.5. The molecule has 1 aliphatic rings. The summed E-state index contributed by atoms with van der Waals surface area (Å²) in [6.45, 7) is 13.5. The zero-order chi connectivity index (χ0) is 15.4. The second-order valence-corrected chi connectivity index (χ2v) is 8.41. The zero-order valence-corrected chi connectivity index (χ0v) is 14.1.